The Morgan fingerprint density at radius 1 is 1.40 bits per heavy atom. The van der Waals surface area contributed by atoms with Gasteiger partial charge in [0.05, 0.1) is 0 Å². The standard InChI is InChI=1S/C17H22FNO5S/c1-5-25(22,23)14-13(11-7-6-8-12(18)9-11)17(14,10-20)19-15(21)24-16(2,3)4/h6-10,13-14H,5H2,1-4H3,(H,19,21)/t13-,14+,17-/m1/s1. The summed E-state index contributed by atoms with van der Waals surface area (Å²) in [5.41, 5.74) is -2.13. The lowest BCUT2D eigenvalue weighted by Gasteiger charge is -2.22. The van der Waals surface area contributed by atoms with E-state index in [-0.39, 0.29) is 5.75 Å². The maximum absolute atomic E-state index is 13.6. The SMILES string of the molecule is CCS(=O)(=O)[C@H]1[C@@H](c2cccc(F)c2)[C@@]1(C=O)NC(=O)OC(C)(C)C. The second kappa shape index (κ2) is 6.40. The molecule has 1 aliphatic carbocycles. The Morgan fingerprint density at radius 2 is 2.04 bits per heavy atom. The Morgan fingerprint density at radius 3 is 2.52 bits per heavy atom. The third-order valence-corrected chi connectivity index (χ3v) is 6.33. The molecule has 0 radical (unpaired) electrons. The van der Waals surface area contributed by atoms with E-state index in [0.29, 0.717) is 11.8 Å². The van der Waals surface area contributed by atoms with Crippen molar-refractivity contribution in [2.45, 2.75) is 50.0 Å². The van der Waals surface area contributed by atoms with Gasteiger partial charge in [-0.25, -0.2) is 17.6 Å². The number of aldehydes is 1. The van der Waals surface area contributed by atoms with Gasteiger partial charge in [-0.05, 0) is 38.5 Å². The molecule has 25 heavy (non-hydrogen) atoms. The van der Waals surface area contributed by atoms with Crippen molar-refractivity contribution < 1.29 is 27.1 Å². The molecule has 0 saturated heterocycles. The lowest BCUT2D eigenvalue weighted by atomic mass is 10.1. The molecule has 1 aromatic rings. The Balaban J connectivity index is 2.42. The van der Waals surface area contributed by atoms with Crippen molar-refractivity contribution in [3.8, 4) is 0 Å². The smallest absolute Gasteiger partial charge is 0.408 e. The average molecular weight is 371 g/mol. The second-order valence-electron chi connectivity index (χ2n) is 7.08. The van der Waals surface area contributed by atoms with Crippen LogP contribution in [-0.4, -0.2) is 42.9 Å². The van der Waals surface area contributed by atoms with Gasteiger partial charge in [0.2, 0.25) is 0 Å². The lowest BCUT2D eigenvalue weighted by molar-refractivity contribution is -0.110. The number of carbonyl (C=O) groups excluding carboxylic acids is 2. The van der Waals surface area contributed by atoms with Gasteiger partial charge in [0.15, 0.2) is 9.84 Å². The highest BCUT2D eigenvalue weighted by Gasteiger charge is 2.72. The minimum Gasteiger partial charge on any atom is -0.444 e. The van der Waals surface area contributed by atoms with Crippen molar-refractivity contribution in [3.05, 3.63) is 35.6 Å². The minimum atomic E-state index is -3.67. The van der Waals surface area contributed by atoms with Crippen LogP contribution >= 0.6 is 0 Å². The van der Waals surface area contributed by atoms with E-state index in [0.717, 1.165) is 0 Å². The van der Waals surface area contributed by atoms with Crippen LogP contribution < -0.4 is 5.32 Å². The summed E-state index contributed by atoms with van der Waals surface area (Å²) in [7, 11) is -3.67. The molecule has 1 aromatic carbocycles. The van der Waals surface area contributed by atoms with E-state index < -0.39 is 44.1 Å². The predicted molar refractivity (Wildman–Crippen MR) is 90.6 cm³/mol. The van der Waals surface area contributed by atoms with Crippen LogP contribution in [0.2, 0.25) is 0 Å². The van der Waals surface area contributed by atoms with Gasteiger partial charge in [-0.1, -0.05) is 19.1 Å². The van der Waals surface area contributed by atoms with Crippen molar-refractivity contribution >= 4 is 22.2 Å². The molecule has 1 amide bonds. The van der Waals surface area contributed by atoms with Gasteiger partial charge in [0, 0.05) is 11.7 Å². The highest BCUT2D eigenvalue weighted by atomic mass is 32.2. The molecule has 0 bridgehead atoms. The molecule has 1 N–H and O–H groups in total. The second-order valence-corrected chi connectivity index (χ2v) is 9.49. The number of amides is 1. The number of nitrogens with one attached hydrogen (secondary N) is 1. The molecule has 138 valence electrons. The van der Waals surface area contributed by atoms with Gasteiger partial charge >= 0.3 is 6.09 Å². The molecule has 2 rings (SSSR count). The summed E-state index contributed by atoms with van der Waals surface area (Å²) in [6, 6.07) is 5.36. The van der Waals surface area contributed by atoms with E-state index in [4.69, 9.17) is 4.74 Å². The molecule has 6 nitrogen and oxygen atoms in total. The lowest BCUT2D eigenvalue weighted by Crippen LogP contribution is -2.45. The normalized spacial score (nSPS) is 26.0. The van der Waals surface area contributed by atoms with Crippen LogP contribution in [0.25, 0.3) is 0 Å². The first kappa shape index (κ1) is 19.4. The third-order valence-electron chi connectivity index (χ3n) is 4.09. The van der Waals surface area contributed by atoms with Gasteiger partial charge < -0.3 is 14.8 Å². The van der Waals surface area contributed by atoms with Crippen LogP contribution in [0.5, 0.6) is 0 Å². The van der Waals surface area contributed by atoms with Crippen LogP contribution in [-0.2, 0) is 19.4 Å². The first-order valence-corrected chi connectivity index (χ1v) is 9.63. The summed E-state index contributed by atoms with van der Waals surface area (Å²) in [6.45, 7) is 6.41. The predicted octanol–water partition coefficient (Wildman–Crippen LogP) is 2.19. The molecule has 1 saturated carbocycles. The molecule has 3 atom stereocenters. The van der Waals surface area contributed by atoms with Crippen molar-refractivity contribution in [2.75, 3.05) is 5.75 Å². The van der Waals surface area contributed by atoms with Crippen LogP contribution in [0.1, 0.15) is 39.2 Å². The van der Waals surface area contributed by atoms with Crippen LogP contribution in [0.3, 0.4) is 0 Å². The summed E-state index contributed by atoms with van der Waals surface area (Å²) in [6.07, 6.45) is -0.487. The number of hydrogen-bond donors (Lipinski definition) is 1. The molecule has 0 unspecified atom stereocenters. The Labute approximate surface area is 146 Å². The molecule has 8 heteroatoms. The van der Waals surface area contributed by atoms with E-state index >= 15 is 0 Å². The maximum Gasteiger partial charge on any atom is 0.408 e. The zero-order chi connectivity index (χ0) is 19.0. The number of alkyl carbamates (subject to hydrolysis) is 1. The van der Waals surface area contributed by atoms with Gasteiger partial charge in [-0.3, -0.25) is 0 Å². The molecular weight excluding hydrogens is 349 g/mol. The number of hydrogen-bond acceptors (Lipinski definition) is 5. The zero-order valence-electron chi connectivity index (χ0n) is 14.6. The molecule has 0 spiro atoms. The summed E-state index contributed by atoms with van der Waals surface area (Å²) >= 11 is 0. The first-order valence-electron chi connectivity index (χ1n) is 7.91. The van der Waals surface area contributed by atoms with Crippen molar-refractivity contribution in [2.24, 2.45) is 0 Å². The fourth-order valence-corrected chi connectivity index (χ4v) is 4.94. The summed E-state index contributed by atoms with van der Waals surface area (Å²) in [4.78, 5) is 23.9. The quantitative estimate of drug-likeness (QED) is 0.802. The average Bonchev–Trinajstić information content (AvgIpc) is 3.15. The molecule has 1 aliphatic rings. The largest absolute Gasteiger partial charge is 0.444 e. The Kier molecular flexibility index (Phi) is 4.96. The maximum atomic E-state index is 13.6. The number of rotatable bonds is 5. The number of ether oxygens (including phenoxy) is 1. The van der Waals surface area contributed by atoms with E-state index in [1.807, 2.05) is 0 Å². The van der Waals surface area contributed by atoms with Crippen LogP contribution in [0.4, 0.5) is 9.18 Å². The van der Waals surface area contributed by atoms with Crippen molar-refractivity contribution in [3.63, 3.8) is 0 Å². The van der Waals surface area contributed by atoms with Crippen LogP contribution in [0.15, 0.2) is 24.3 Å². The number of sulfone groups is 1. The highest BCUT2D eigenvalue weighted by molar-refractivity contribution is 7.92. The fraction of sp³-hybridized carbons (Fsp3) is 0.529. The molecular formula is C17H22FNO5S. The Bertz CT molecular complexity index is 786. The summed E-state index contributed by atoms with van der Waals surface area (Å²) in [5, 5.41) is 1.25. The third kappa shape index (κ3) is 3.84. The highest BCUT2D eigenvalue weighted by Crippen LogP contribution is 2.55. The Hall–Kier alpha value is -1.96. The molecule has 0 aliphatic heterocycles. The van der Waals surface area contributed by atoms with Crippen LogP contribution in [0, 0.1) is 5.82 Å². The molecule has 1 fully saturated rings. The van der Waals surface area contributed by atoms with E-state index in [1.54, 1.807) is 20.8 Å². The van der Waals surface area contributed by atoms with Crippen molar-refractivity contribution in [1.29, 1.82) is 0 Å². The summed E-state index contributed by atoms with van der Waals surface area (Å²) in [5.74, 6) is -1.61. The van der Waals surface area contributed by atoms with E-state index in [2.05, 4.69) is 5.32 Å². The molecule has 0 aromatic heterocycles. The van der Waals surface area contributed by atoms with Gasteiger partial charge in [0.25, 0.3) is 0 Å². The van der Waals surface area contributed by atoms with Gasteiger partial charge in [-0.15, -0.1) is 0 Å². The van der Waals surface area contributed by atoms with E-state index in [9.17, 15) is 22.4 Å². The summed E-state index contributed by atoms with van der Waals surface area (Å²) < 4.78 is 43.5. The first-order chi connectivity index (χ1) is 11.5. The minimum absolute atomic E-state index is 0.199. The van der Waals surface area contributed by atoms with Crippen molar-refractivity contribution in [1.82, 2.24) is 5.32 Å². The van der Waals surface area contributed by atoms with Gasteiger partial charge in [0.1, 0.15) is 28.5 Å². The molecule has 0 heterocycles. The monoisotopic (exact) mass is 371 g/mol. The number of carbonyl (C=O) groups is 2. The van der Waals surface area contributed by atoms with E-state index in [1.165, 1.54) is 31.2 Å². The zero-order valence-corrected chi connectivity index (χ0v) is 15.4. The van der Waals surface area contributed by atoms with Gasteiger partial charge in [-0.2, -0.15) is 0 Å². The number of benzene rings is 1. The number of halogens is 1. The topological polar surface area (TPSA) is 89.5 Å². The fourth-order valence-electron chi connectivity index (χ4n) is 3.01.